The summed E-state index contributed by atoms with van der Waals surface area (Å²) in [7, 11) is 2.89. The zero-order valence-corrected chi connectivity index (χ0v) is 29.0. The molecular weight excluding hydrogens is 648 g/mol. The molecule has 4 aromatic carbocycles. The van der Waals surface area contributed by atoms with Crippen LogP contribution in [0.15, 0.2) is 79.0 Å². The van der Waals surface area contributed by atoms with Gasteiger partial charge in [0.25, 0.3) is 0 Å². The van der Waals surface area contributed by atoms with Gasteiger partial charge in [-0.2, -0.15) is 0 Å². The highest BCUT2D eigenvalue weighted by Gasteiger charge is 2.36. The lowest BCUT2D eigenvalue weighted by Gasteiger charge is -2.31. The number of carbonyl (C=O) groups is 1. The van der Waals surface area contributed by atoms with Crippen LogP contribution in [0.2, 0.25) is 0 Å². The van der Waals surface area contributed by atoms with Crippen molar-refractivity contribution in [3.8, 4) is 34.5 Å². The van der Waals surface area contributed by atoms with E-state index in [0.717, 1.165) is 33.2 Å². The standard InChI is InChI=1S/C41H44N2O8/c1-4-29-26-15-16-42-39(22-26)43-32-12-8-25-18-28(44)9-11-30(25)31(32)10-7-24(27-20-36(48)41(49)38(21-27)51-3)19-35(47)40(29)34(46)14-6-23-5-13-33(45)37(17-23)50-2/h5,8-9,11-13,15-18,20-22,24,29,34,40,44-46,48-49H,4,6-7,10,14,19H2,1-3H3,(H,42,43)/t24-,29+,34+,40-/m0/s1. The monoisotopic (exact) mass is 692 g/mol. The van der Waals surface area contributed by atoms with Gasteiger partial charge in [0.2, 0.25) is 5.75 Å². The minimum absolute atomic E-state index is 0.0246. The number of fused-ring (bicyclic) bond motifs is 5. The maximum Gasteiger partial charge on any atom is 0.200 e. The summed E-state index contributed by atoms with van der Waals surface area (Å²) in [5, 5.41) is 58.7. The van der Waals surface area contributed by atoms with Crippen LogP contribution < -0.4 is 14.8 Å². The molecule has 2 bridgehead atoms. The number of aliphatic hydroxyl groups is 1. The van der Waals surface area contributed by atoms with E-state index in [1.165, 1.54) is 20.3 Å². The smallest absolute Gasteiger partial charge is 0.200 e. The number of hydrogen-bond acceptors (Lipinski definition) is 10. The van der Waals surface area contributed by atoms with Gasteiger partial charge in [0.1, 0.15) is 17.4 Å². The normalized spacial score (nSPS) is 18.4. The van der Waals surface area contributed by atoms with Crippen molar-refractivity contribution < 1.29 is 39.8 Å². The Bertz CT molecular complexity index is 2050. The lowest BCUT2D eigenvalue weighted by Crippen LogP contribution is -2.35. The van der Waals surface area contributed by atoms with E-state index in [9.17, 15) is 30.3 Å². The van der Waals surface area contributed by atoms with Crippen molar-refractivity contribution >= 4 is 28.1 Å². The molecule has 1 aliphatic heterocycles. The first-order valence-corrected chi connectivity index (χ1v) is 17.2. The highest BCUT2D eigenvalue weighted by molar-refractivity contribution is 5.92. The molecule has 266 valence electrons. The number of nitrogens with zero attached hydrogens (tertiary/aromatic N) is 1. The van der Waals surface area contributed by atoms with Crippen molar-refractivity contribution in [2.45, 2.75) is 63.4 Å². The van der Waals surface area contributed by atoms with Gasteiger partial charge >= 0.3 is 0 Å². The minimum Gasteiger partial charge on any atom is -0.508 e. The first kappa shape index (κ1) is 35.3. The van der Waals surface area contributed by atoms with Crippen molar-refractivity contribution in [3.05, 3.63) is 101 Å². The number of aryl methyl sites for hydroxylation is 2. The summed E-state index contributed by atoms with van der Waals surface area (Å²) in [6.07, 6.45) is 3.08. The second kappa shape index (κ2) is 15.2. The summed E-state index contributed by atoms with van der Waals surface area (Å²) >= 11 is 0. The highest BCUT2D eigenvalue weighted by Crippen LogP contribution is 2.43. The third kappa shape index (κ3) is 7.51. The van der Waals surface area contributed by atoms with Gasteiger partial charge in [0.05, 0.1) is 26.2 Å². The number of benzene rings is 4. The molecule has 1 aromatic heterocycles. The van der Waals surface area contributed by atoms with Crippen molar-refractivity contribution in [1.29, 1.82) is 0 Å². The number of hydrogen-bond donors (Lipinski definition) is 6. The van der Waals surface area contributed by atoms with E-state index >= 15 is 0 Å². The summed E-state index contributed by atoms with van der Waals surface area (Å²) < 4.78 is 10.7. The van der Waals surface area contributed by atoms with Crippen LogP contribution in [0.1, 0.15) is 66.7 Å². The van der Waals surface area contributed by atoms with Crippen molar-refractivity contribution in [2.24, 2.45) is 5.92 Å². The number of aromatic hydroxyl groups is 4. The van der Waals surface area contributed by atoms with E-state index in [0.29, 0.717) is 49.2 Å². The highest BCUT2D eigenvalue weighted by atomic mass is 16.5. The van der Waals surface area contributed by atoms with Gasteiger partial charge in [-0.05, 0) is 132 Å². The molecule has 10 nitrogen and oxygen atoms in total. The molecule has 0 amide bonds. The number of ketones is 1. The Morgan fingerprint density at radius 3 is 2.45 bits per heavy atom. The minimum atomic E-state index is -1.01. The SMILES string of the molecule is CC[C@@H]1c2ccnc(c2)Nc2ccc3cc(O)ccc3c2CC[C@H](c2cc(O)c(O)c(OC)c2)CC(=O)[C@@H]1[C@H](O)CCc1ccc(O)c(OC)c1. The average Bonchev–Trinajstić information content (AvgIpc) is 3.13. The summed E-state index contributed by atoms with van der Waals surface area (Å²) in [6, 6.07) is 21.2. The molecule has 4 atom stereocenters. The topological polar surface area (TPSA) is 162 Å². The predicted octanol–water partition coefficient (Wildman–Crippen LogP) is 7.61. The van der Waals surface area contributed by atoms with E-state index in [1.54, 1.807) is 42.6 Å². The number of ether oxygens (including phenoxy) is 2. The summed E-state index contributed by atoms with van der Waals surface area (Å²) in [6.45, 7) is 2.01. The number of phenols is 4. The average molecular weight is 693 g/mol. The van der Waals surface area contributed by atoms with Crippen molar-refractivity contribution in [3.63, 3.8) is 0 Å². The number of phenolic OH excluding ortho intramolecular Hbond substituents is 4. The Hall–Kier alpha value is -5.48. The van der Waals surface area contributed by atoms with Gasteiger partial charge in [-0.1, -0.05) is 25.1 Å². The third-order valence-corrected chi connectivity index (χ3v) is 10.2. The Morgan fingerprint density at radius 1 is 0.882 bits per heavy atom. The Morgan fingerprint density at radius 2 is 1.69 bits per heavy atom. The van der Waals surface area contributed by atoms with Crippen LogP contribution in [0.3, 0.4) is 0 Å². The van der Waals surface area contributed by atoms with Gasteiger partial charge in [0, 0.05) is 18.3 Å². The van der Waals surface area contributed by atoms with E-state index < -0.39 is 17.9 Å². The number of Topliss-reactive ketones (excluding diaryl/α,β-unsaturated/α-hetero) is 1. The molecule has 2 heterocycles. The predicted molar refractivity (Wildman–Crippen MR) is 196 cm³/mol. The van der Waals surface area contributed by atoms with Gasteiger partial charge in [-0.3, -0.25) is 4.79 Å². The lowest BCUT2D eigenvalue weighted by atomic mass is 9.74. The maximum absolute atomic E-state index is 14.7. The van der Waals surface area contributed by atoms with Gasteiger partial charge in [-0.25, -0.2) is 4.98 Å². The van der Waals surface area contributed by atoms with Crippen molar-refractivity contribution in [2.75, 3.05) is 19.5 Å². The zero-order valence-electron chi connectivity index (χ0n) is 29.0. The maximum atomic E-state index is 14.7. The van der Waals surface area contributed by atoms with E-state index in [4.69, 9.17) is 9.47 Å². The van der Waals surface area contributed by atoms with Crippen LogP contribution in [0.25, 0.3) is 10.8 Å². The Labute approximate surface area is 297 Å². The van der Waals surface area contributed by atoms with Crippen LogP contribution in [-0.2, 0) is 17.6 Å². The molecule has 51 heavy (non-hydrogen) atoms. The summed E-state index contributed by atoms with van der Waals surface area (Å²) in [5.74, 6) is -1.17. The number of methoxy groups -OCH3 is 2. The molecule has 6 N–H and O–H groups in total. The molecule has 0 fully saturated rings. The van der Waals surface area contributed by atoms with E-state index in [1.807, 2.05) is 37.3 Å². The zero-order chi connectivity index (χ0) is 36.2. The van der Waals surface area contributed by atoms with Gasteiger partial charge in [-0.15, -0.1) is 0 Å². The summed E-state index contributed by atoms with van der Waals surface area (Å²) in [4.78, 5) is 19.4. The van der Waals surface area contributed by atoms with Crippen LogP contribution in [0.4, 0.5) is 11.5 Å². The molecule has 0 saturated carbocycles. The number of nitrogens with one attached hydrogen (secondary N) is 1. The fourth-order valence-corrected chi connectivity index (χ4v) is 7.52. The number of aliphatic hydroxyl groups excluding tert-OH is 1. The van der Waals surface area contributed by atoms with E-state index in [-0.39, 0.29) is 46.9 Å². The largest absolute Gasteiger partial charge is 0.508 e. The fourth-order valence-electron chi connectivity index (χ4n) is 7.52. The van der Waals surface area contributed by atoms with Crippen LogP contribution in [0, 0.1) is 5.92 Å². The Kier molecular flexibility index (Phi) is 10.5. The number of carbonyl (C=O) groups excluding carboxylic acids is 1. The quantitative estimate of drug-likeness (QED) is 0.0893. The third-order valence-electron chi connectivity index (χ3n) is 10.2. The summed E-state index contributed by atoms with van der Waals surface area (Å²) in [5.41, 5.74) is 4.15. The molecule has 5 aromatic rings. The number of rotatable bonds is 8. The lowest BCUT2D eigenvalue weighted by molar-refractivity contribution is -0.128. The molecular formula is C41H44N2O8. The van der Waals surface area contributed by atoms with Gasteiger partial charge in [0.15, 0.2) is 23.0 Å². The number of aromatic nitrogens is 1. The van der Waals surface area contributed by atoms with Crippen LogP contribution >= 0.6 is 0 Å². The molecule has 1 aliphatic rings. The Balaban J connectivity index is 1.45. The first-order chi connectivity index (χ1) is 24.6. The molecule has 10 heteroatoms. The van der Waals surface area contributed by atoms with Crippen LogP contribution in [0.5, 0.6) is 34.5 Å². The first-order valence-electron chi connectivity index (χ1n) is 17.2. The second-order valence-electron chi connectivity index (χ2n) is 13.2. The van der Waals surface area contributed by atoms with E-state index in [2.05, 4.69) is 10.3 Å². The molecule has 6 rings (SSSR count). The van der Waals surface area contributed by atoms with Gasteiger partial charge < -0.3 is 40.3 Å². The number of anilines is 2. The fraction of sp³-hybridized carbons (Fsp3) is 0.317. The molecule has 0 saturated heterocycles. The molecule has 0 radical (unpaired) electrons. The molecule has 0 aliphatic carbocycles. The second-order valence-corrected chi connectivity index (χ2v) is 13.2. The van der Waals surface area contributed by atoms with Crippen LogP contribution in [-0.4, -0.2) is 56.6 Å². The number of pyridine rings is 1. The molecule has 0 unspecified atom stereocenters. The molecule has 0 spiro atoms. The van der Waals surface area contributed by atoms with Crippen molar-refractivity contribution in [1.82, 2.24) is 4.98 Å².